The molecule has 1 nitrogen and oxygen atoms in total. The van der Waals surface area contributed by atoms with E-state index < -0.39 is 0 Å². The maximum absolute atomic E-state index is 9.87. The van der Waals surface area contributed by atoms with Crippen LogP contribution in [0.5, 0.6) is 0 Å². The fourth-order valence-corrected chi connectivity index (χ4v) is 7.71. The van der Waals surface area contributed by atoms with Crippen molar-refractivity contribution in [3.63, 3.8) is 0 Å². The van der Waals surface area contributed by atoms with Crippen LogP contribution in [-0.2, 0) is 0 Å². The van der Waals surface area contributed by atoms with Crippen LogP contribution >= 0.6 is 0 Å². The minimum Gasteiger partial charge on any atom is -0.396 e. The van der Waals surface area contributed by atoms with Crippen LogP contribution in [-0.4, -0.2) is 11.7 Å². The van der Waals surface area contributed by atoms with E-state index >= 15 is 0 Å². The largest absolute Gasteiger partial charge is 0.396 e. The molecule has 0 saturated heterocycles. The van der Waals surface area contributed by atoms with Crippen LogP contribution in [0.15, 0.2) is 0 Å². The first-order chi connectivity index (χ1) is 7.86. The van der Waals surface area contributed by atoms with Crippen molar-refractivity contribution in [1.29, 1.82) is 0 Å². The minimum absolute atomic E-state index is 0.435. The molecule has 5 fully saturated rings. The van der Waals surface area contributed by atoms with Crippen LogP contribution in [0.3, 0.4) is 0 Å². The van der Waals surface area contributed by atoms with E-state index in [2.05, 4.69) is 27.7 Å². The standard InChI is InChI=1S/C16H26O/c1-13(2)6-5-10(9-17)16-12-7-11(14(16,3)4)8-15(12,13)16/h10-12,17H,5-9H2,1-4H3. The van der Waals surface area contributed by atoms with Gasteiger partial charge in [0.2, 0.25) is 0 Å². The quantitative estimate of drug-likeness (QED) is 0.736. The van der Waals surface area contributed by atoms with Gasteiger partial charge in [-0.05, 0) is 65.1 Å². The monoisotopic (exact) mass is 234 g/mol. The van der Waals surface area contributed by atoms with Crippen molar-refractivity contribution < 1.29 is 5.11 Å². The number of hydrogen-bond donors (Lipinski definition) is 1. The molecule has 5 rings (SSSR count). The maximum Gasteiger partial charge on any atom is 0.0465 e. The molecule has 5 aliphatic carbocycles. The third-order valence-electron chi connectivity index (χ3n) is 8.16. The summed E-state index contributed by atoms with van der Waals surface area (Å²) in [5, 5.41) is 9.87. The summed E-state index contributed by atoms with van der Waals surface area (Å²) in [7, 11) is 0. The second-order valence-corrected chi connectivity index (χ2v) is 8.55. The Kier molecular flexibility index (Phi) is 1.58. The summed E-state index contributed by atoms with van der Waals surface area (Å²) >= 11 is 0. The highest BCUT2D eigenvalue weighted by Gasteiger charge is 2.95. The van der Waals surface area contributed by atoms with Crippen molar-refractivity contribution in [1.82, 2.24) is 0 Å². The molecule has 4 bridgehead atoms. The minimum atomic E-state index is 0.435. The van der Waals surface area contributed by atoms with Crippen molar-refractivity contribution in [3.8, 4) is 0 Å². The van der Waals surface area contributed by atoms with Crippen LogP contribution in [0.4, 0.5) is 0 Å². The van der Waals surface area contributed by atoms with Crippen molar-refractivity contribution in [2.75, 3.05) is 6.61 Å². The Morgan fingerprint density at radius 2 is 1.88 bits per heavy atom. The molecule has 0 amide bonds. The molecule has 5 atom stereocenters. The zero-order valence-corrected chi connectivity index (χ0v) is 11.7. The molecule has 5 saturated carbocycles. The fraction of sp³-hybridized carbons (Fsp3) is 1.00. The van der Waals surface area contributed by atoms with Crippen LogP contribution in [0.25, 0.3) is 0 Å². The lowest BCUT2D eigenvalue weighted by atomic mass is 9.57. The molecule has 17 heavy (non-hydrogen) atoms. The third kappa shape index (κ3) is 0.715. The second-order valence-electron chi connectivity index (χ2n) is 8.55. The highest BCUT2D eigenvalue weighted by atomic mass is 16.3. The van der Waals surface area contributed by atoms with E-state index in [9.17, 15) is 5.11 Å². The molecular weight excluding hydrogens is 208 g/mol. The van der Waals surface area contributed by atoms with E-state index in [0.717, 1.165) is 11.8 Å². The van der Waals surface area contributed by atoms with Gasteiger partial charge < -0.3 is 5.11 Å². The molecular formula is C16H26O. The van der Waals surface area contributed by atoms with Gasteiger partial charge in [-0.3, -0.25) is 0 Å². The van der Waals surface area contributed by atoms with Crippen molar-refractivity contribution in [3.05, 3.63) is 0 Å². The van der Waals surface area contributed by atoms with Gasteiger partial charge in [0.1, 0.15) is 0 Å². The Hall–Kier alpha value is -0.0400. The van der Waals surface area contributed by atoms with E-state index in [1.54, 1.807) is 0 Å². The normalized spacial score (nSPS) is 60.2. The predicted octanol–water partition coefficient (Wildman–Crippen LogP) is 3.47. The van der Waals surface area contributed by atoms with E-state index in [1.807, 2.05) is 0 Å². The Bertz CT molecular complexity index is 396. The molecule has 0 heterocycles. The van der Waals surface area contributed by atoms with Crippen LogP contribution in [0, 0.1) is 39.4 Å². The highest BCUT2D eigenvalue weighted by Crippen LogP contribution is 3.00. The Morgan fingerprint density at radius 3 is 2.47 bits per heavy atom. The molecule has 96 valence electrons. The Labute approximate surface area is 105 Å². The highest BCUT2D eigenvalue weighted by molar-refractivity contribution is 5.42. The lowest BCUT2D eigenvalue weighted by molar-refractivity contribution is -0.0203. The Morgan fingerprint density at radius 1 is 1.18 bits per heavy atom. The van der Waals surface area contributed by atoms with Gasteiger partial charge >= 0.3 is 0 Å². The van der Waals surface area contributed by atoms with Crippen LogP contribution in [0.2, 0.25) is 0 Å². The molecule has 2 spiro atoms. The van der Waals surface area contributed by atoms with Crippen LogP contribution in [0.1, 0.15) is 53.4 Å². The fourth-order valence-electron chi connectivity index (χ4n) is 7.71. The van der Waals surface area contributed by atoms with Crippen LogP contribution < -0.4 is 0 Å². The Balaban J connectivity index is 1.92. The van der Waals surface area contributed by atoms with Gasteiger partial charge in [-0.15, -0.1) is 0 Å². The summed E-state index contributed by atoms with van der Waals surface area (Å²) in [6, 6.07) is 0. The first kappa shape index (κ1) is 10.8. The van der Waals surface area contributed by atoms with Crippen molar-refractivity contribution >= 4 is 0 Å². The number of hydrogen-bond acceptors (Lipinski definition) is 1. The van der Waals surface area contributed by atoms with E-state index in [4.69, 9.17) is 0 Å². The lowest BCUT2D eigenvalue weighted by Gasteiger charge is -2.48. The molecule has 1 heteroatoms. The number of aliphatic hydroxyl groups excluding tert-OH is 1. The average molecular weight is 234 g/mol. The summed E-state index contributed by atoms with van der Waals surface area (Å²) in [6.45, 7) is 10.5. The summed E-state index contributed by atoms with van der Waals surface area (Å²) in [5.41, 5.74) is 2.13. The topological polar surface area (TPSA) is 20.2 Å². The maximum atomic E-state index is 9.87. The van der Waals surface area contributed by atoms with Crippen molar-refractivity contribution in [2.45, 2.75) is 53.4 Å². The van der Waals surface area contributed by atoms with Crippen molar-refractivity contribution in [2.24, 2.45) is 39.4 Å². The smallest absolute Gasteiger partial charge is 0.0465 e. The molecule has 5 aliphatic rings. The van der Waals surface area contributed by atoms with E-state index in [1.165, 1.54) is 25.7 Å². The molecule has 0 aromatic heterocycles. The number of aliphatic hydroxyl groups is 1. The van der Waals surface area contributed by atoms with E-state index in [-0.39, 0.29) is 0 Å². The van der Waals surface area contributed by atoms with Gasteiger partial charge in [-0.1, -0.05) is 27.7 Å². The van der Waals surface area contributed by atoms with Gasteiger partial charge in [0.15, 0.2) is 0 Å². The van der Waals surface area contributed by atoms with Gasteiger partial charge in [-0.2, -0.15) is 0 Å². The van der Waals surface area contributed by atoms with Gasteiger partial charge in [0.05, 0.1) is 0 Å². The van der Waals surface area contributed by atoms with Gasteiger partial charge in [-0.25, -0.2) is 0 Å². The average Bonchev–Trinajstić information content (AvgIpc) is 2.53. The number of rotatable bonds is 1. The summed E-state index contributed by atoms with van der Waals surface area (Å²) in [6.07, 6.45) is 5.53. The zero-order chi connectivity index (χ0) is 12.3. The van der Waals surface area contributed by atoms with Gasteiger partial charge in [0, 0.05) is 6.61 Å². The zero-order valence-electron chi connectivity index (χ0n) is 11.7. The van der Waals surface area contributed by atoms with Gasteiger partial charge in [0.25, 0.3) is 0 Å². The molecule has 1 N–H and O–H groups in total. The molecule has 0 aliphatic heterocycles. The second kappa shape index (κ2) is 2.48. The first-order valence-corrected chi connectivity index (χ1v) is 7.47. The first-order valence-electron chi connectivity index (χ1n) is 7.47. The third-order valence-corrected chi connectivity index (χ3v) is 8.16. The molecule has 5 unspecified atom stereocenters. The molecule has 0 aromatic carbocycles. The SMILES string of the molecule is CC1(C)CCC(CO)C23C4CC(CC412)C3(C)C. The molecule has 0 radical (unpaired) electrons. The summed E-state index contributed by atoms with van der Waals surface area (Å²) < 4.78 is 0. The molecule has 0 aromatic rings. The summed E-state index contributed by atoms with van der Waals surface area (Å²) in [5.74, 6) is 2.49. The lowest BCUT2D eigenvalue weighted by Crippen LogP contribution is -2.43. The summed E-state index contributed by atoms with van der Waals surface area (Å²) in [4.78, 5) is 0. The van der Waals surface area contributed by atoms with E-state index in [0.29, 0.717) is 34.2 Å². The predicted molar refractivity (Wildman–Crippen MR) is 68.5 cm³/mol.